The molecule has 0 atom stereocenters. The predicted molar refractivity (Wildman–Crippen MR) is 118 cm³/mol. The SMILES string of the molecule is O=C(Cn1ccc2cc(S(=O)(=O)N3CCCCC3)ccc21)NCCCN1CCCC1. The van der Waals surface area contributed by atoms with Crippen LogP contribution in [0.5, 0.6) is 0 Å². The predicted octanol–water partition coefficient (Wildman–Crippen LogP) is 2.42. The van der Waals surface area contributed by atoms with Crippen LogP contribution in [0.25, 0.3) is 10.9 Å². The summed E-state index contributed by atoms with van der Waals surface area (Å²) in [5, 5.41) is 3.84. The molecule has 3 heterocycles. The number of likely N-dealkylation sites (tertiary alicyclic amines) is 1. The summed E-state index contributed by atoms with van der Waals surface area (Å²) in [6.07, 6.45) is 8.33. The third kappa shape index (κ3) is 4.87. The Hall–Kier alpha value is -1.90. The Morgan fingerprint density at radius 3 is 2.47 bits per heavy atom. The number of nitrogens with zero attached hydrogens (tertiary/aromatic N) is 3. The van der Waals surface area contributed by atoms with E-state index in [1.165, 1.54) is 25.9 Å². The Balaban J connectivity index is 1.35. The number of hydrogen-bond acceptors (Lipinski definition) is 4. The fraction of sp³-hybridized carbons (Fsp3) is 0.591. The summed E-state index contributed by atoms with van der Waals surface area (Å²) in [4.78, 5) is 15.1. The van der Waals surface area contributed by atoms with E-state index in [2.05, 4.69) is 10.2 Å². The van der Waals surface area contributed by atoms with Crippen LogP contribution < -0.4 is 5.32 Å². The summed E-state index contributed by atoms with van der Waals surface area (Å²) in [5.74, 6) is -0.0149. The number of amides is 1. The first-order valence-electron chi connectivity index (χ1n) is 11.1. The van der Waals surface area contributed by atoms with Crippen LogP contribution in [0.2, 0.25) is 0 Å². The van der Waals surface area contributed by atoms with E-state index in [0.717, 1.165) is 43.1 Å². The molecule has 2 saturated heterocycles. The minimum absolute atomic E-state index is 0.0149. The van der Waals surface area contributed by atoms with Gasteiger partial charge in [0.15, 0.2) is 0 Å². The Morgan fingerprint density at radius 1 is 0.967 bits per heavy atom. The lowest BCUT2D eigenvalue weighted by Crippen LogP contribution is -2.35. The average molecular weight is 433 g/mol. The third-order valence-electron chi connectivity index (χ3n) is 6.18. The smallest absolute Gasteiger partial charge is 0.243 e. The van der Waals surface area contributed by atoms with Crippen LogP contribution in [0.3, 0.4) is 0 Å². The molecule has 1 aromatic carbocycles. The second-order valence-electron chi connectivity index (χ2n) is 8.38. The van der Waals surface area contributed by atoms with Gasteiger partial charge in [0, 0.05) is 36.7 Å². The van der Waals surface area contributed by atoms with Crippen LogP contribution in [-0.4, -0.2) is 67.4 Å². The Labute approximate surface area is 179 Å². The van der Waals surface area contributed by atoms with Gasteiger partial charge in [-0.2, -0.15) is 4.31 Å². The molecule has 2 aliphatic rings. The number of aromatic nitrogens is 1. The molecule has 0 saturated carbocycles. The van der Waals surface area contributed by atoms with E-state index in [1.807, 2.05) is 22.9 Å². The molecule has 8 heteroatoms. The molecule has 0 spiro atoms. The Kier molecular flexibility index (Phi) is 6.75. The van der Waals surface area contributed by atoms with Gasteiger partial charge >= 0.3 is 0 Å². The molecular weight excluding hydrogens is 400 g/mol. The molecular formula is C22H32N4O3S. The summed E-state index contributed by atoms with van der Waals surface area (Å²) in [6.45, 7) is 5.52. The summed E-state index contributed by atoms with van der Waals surface area (Å²) in [6, 6.07) is 7.08. The maximum absolute atomic E-state index is 12.9. The number of fused-ring (bicyclic) bond motifs is 1. The lowest BCUT2D eigenvalue weighted by molar-refractivity contribution is -0.121. The minimum atomic E-state index is -3.45. The number of benzene rings is 1. The van der Waals surface area contributed by atoms with Crippen LogP contribution in [0.15, 0.2) is 35.4 Å². The van der Waals surface area contributed by atoms with Crippen LogP contribution in [0, 0.1) is 0 Å². The highest BCUT2D eigenvalue weighted by Crippen LogP contribution is 2.25. The zero-order valence-corrected chi connectivity index (χ0v) is 18.4. The third-order valence-corrected chi connectivity index (χ3v) is 8.08. The largest absolute Gasteiger partial charge is 0.355 e. The topological polar surface area (TPSA) is 74.6 Å². The Morgan fingerprint density at radius 2 is 1.70 bits per heavy atom. The zero-order chi connectivity index (χ0) is 21.0. The quantitative estimate of drug-likeness (QED) is 0.650. The highest BCUT2D eigenvalue weighted by Gasteiger charge is 2.26. The molecule has 2 aliphatic heterocycles. The number of carbonyl (C=O) groups is 1. The summed E-state index contributed by atoms with van der Waals surface area (Å²) in [5.41, 5.74) is 0.875. The standard InChI is InChI=1S/C22H32N4O3S/c27-22(23-10-6-13-24-11-4-5-12-24)18-25-16-9-19-17-20(7-8-21(19)25)30(28,29)26-14-2-1-3-15-26/h7-9,16-17H,1-6,10-15,18H2,(H,23,27). The van der Waals surface area contributed by atoms with Crippen LogP contribution in [-0.2, 0) is 21.4 Å². The second-order valence-corrected chi connectivity index (χ2v) is 10.3. The van der Waals surface area contributed by atoms with Gasteiger partial charge in [-0.15, -0.1) is 0 Å². The highest BCUT2D eigenvalue weighted by atomic mass is 32.2. The van der Waals surface area contributed by atoms with Crippen molar-refractivity contribution in [2.45, 2.75) is 50.0 Å². The Bertz CT molecular complexity index is 973. The van der Waals surface area contributed by atoms with Crippen molar-refractivity contribution in [1.82, 2.24) is 19.1 Å². The fourth-order valence-electron chi connectivity index (χ4n) is 4.48. The van der Waals surface area contributed by atoms with E-state index < -0.39 is 10.0 Å². The van der Waals surface area contributed by atoms with E-state index in [-0.39, 0.29) is 12.5 Å². The molecule has 1 N–H and O–H groups in total. The van der Waals surface area contributed by atoms with Crippen molar-refractivity contribution in [3.05, 3.63) is 30.5 Å². The molecule has 1 amide bonds. The van der Waals surface area contributed by atoms with Gasteiger partial charge in [-0.1, -0.05) is 6.42 Å². The van der Waals surface area contributed by atoms with Crippen LogP contribution in [0.4, 0.5) is 0 Å². The number of sulfonamides is 1. The van der Waals surface area contributed by atoms with Crippen LogP contribution >= 0.6 is 0 Å². The van der Waals surface area contributed by atoms with E-state index in [9.17, 15) is 13.2 Å². The number of nitrogens with one attached hydrogen (secondary N) is 1. The van der Waals surface area contributed by atoms with Crippen molar-refractivity contribution in [2.75, 3.05) is 39.3 Å². The molecule has 1 aromatic heterocycles. The van der Waals surface area contributed by atoms with Crippen molar-refractivity contribution in [3.63, 3.8) is 0 Å². The molecule has 164 valence electrons. The van der Waals surface area contributed by atoms with Crippen molar-refractivity contribution in [3.8, 4) is 0 Å². The molecule has 2 aromatic rings. The molecule has 4 rings (SSSR count). The second kappa shape index (κ2) is 9.49. The van der Waals surface area contributed by atoms with Crippen molar-refractivity contribution in [2.24, 2.45) is 0 Å². The summed E-state index contributed by atoms with van der Waals surface area (Å²) in [7, 11) is -3.45. The first kappa shape index (κ1) is 21.3. The number of piperidine rings is 1. The van der Waals surface area contributed by atoms with E-state index in [0.29, 0.717) is 24.5 Å². The van der Waals surface area contributed by atoms with Gasteiger partial charge < -0.3 is 14.8 Å². The average Bonchev–Trinajstić information content (AvgIpc) is 3.42. The first-order valence-corrected chi connectivity index (χ1v) is 12.6. The maximum atomic E-state index is 12.9. The van der Waals surface area contributed by atoms with Gasteiger partial charge in [-0.3, -0.25) is 4.79 Å². The van der Waals surface area contributed by atoms with E-state index in [4.69, 9.17) is 0 Å². The lowest BCUT2D eigenvalue weighted by Gasteiger charge is -2.25. The fourth-order valence-corrected chi connectivity index (χ4v) is 6.03. The van der Waals surface area contributed by atoms with Gasteiger partial charge in [-0.05, 0) is 76.0 Å². The molecule has 0 unspecified atom stereocenters. The zero-order valence-electron chi connectivity index (χ0n) is 17.6. The monoisotopic (exact) mass is 432 g/mol. The van der Waals surface area contributed by atoms with Gasteiger partial charge in [0.25, 0.3) is 0 Å². The molecule has 0 aliphatic carbocycles. The number of rotatable bonds is 8. The van der Waals surface area contributed by atoms with E-state index in [1.54, 1.807) is 16.4 Å². The molecule has 2 fully saturated rings. The molecule has 0 bridgehead atoms. The van der Waals surface area contributed by atoms with E-state index >= 15 is 0 Å². The highest BCUT2D eigenvalue weighted by molar-refractivity contribution is 7.89. The summed E-state index contributed by atoms with van der Waals surface area (Å²) >= 11 is 0. The number of carbonyl (C=O) groups excluding carboxylic acids is 1. The normalized spacial score (nSPS) is 18.8. The van der Waals surface area contributed by atoms with Crippen molar-refractivity contribution in [1.29, 1.82) is 0 Å². The van der Waals surface area contributed by atoms with Gasteiger partial charge in [-0.25, -0.2) is 8.42 Å². The first-order chi connectivity index (χ1) is 14.5. The van der Waals surface area contributed by atoms with Gasteiger partial charge in [0.05, 0.1) is 4.90 Å². The maximum Gasteiger partial charge on any atom is 0.243 e. The molecule has 30 heavy (non-hydrogen) atoms. The number of hydrogen-bond donors (Lipinski definition) is 1. The molecule has 0 radical (unpaired) electrons. The van der Waals surface area contributed by atoms with Gasteiger partial charge in [0.1, 0.15) is 6.54 Å². The lowest BCUT2D eigenvalue weighted by atomic mass is 10.2. The van der Waals surface area contributed by atoms with Crippen molar-refractivity contribution < 1.29 is 13.2 Å². The van der Waals surface area contributed by atoms with Crippen molar-refractivity contribution >= 4 is 26.8 Å². The molecule has 7 nitrogen and oxygen atoms in total. The van der Waals surface area contributed by atoms with Crippen LogP contribution in [0.1, 0.15) is 38.5 Å². The van der Waals surface area contributed by atoms with Gasteiger partial charge in [0.2, 0.25) is 15.9 Å². The summed E-state index contributed by atoms with van der Waals surface area (Å²) < 4.78 is 29.3. The minimum Gasteiger partial charge on any atom is -0.355 e.